The van der Waals surface area contributed by atoms with Gasteiger partial charge in [-0.25, -0.2) is 9.50 Å². The van der Waals surface area contributed by atoms with Crippen molar-refractivity contribution >= 4 is 17.4 Å². The molecule has 0 unspecified atom stereocenters. The monoisotopic (exact) mass is 283 g/mol. The molecule has 3 aromatic rings. The van der Waals surface area contributed by atoms with Gasteiger partial charge in [-0.1, -0.05) is 0 Å². The predicted molar refractivity (Wildman–Crippen MR) is 76.5 cm³/mol. The molecule has 0 fully saturated rings. The van der Waals surface area contributed by atoms with Gasteiger partial charge in [0.1, 0.15) is 5.75 Å². The van der Waals surface area contributed by atoms with Gasteiger partial charge in [-0.05, 0) is 37.3 Å². The number of nitrogens with one attached hydrogen (secondary N) is 1. The van der Waals surface area contributed by atoms with Crippen LogP contribution in [0, 0.1) is 6.92 Å². The van der Waals surface area contributed by atoms with E-state index in [0.29, 0.717) is 11.5 Å². The second-order valence-electron chi connectivity index (χ2n) is 4.42. The largest absolute Gasteiger partial charge is 0.497 e. The summed E-state index contributed by atoms with van der Waals surface area (Å²) >= 11 is 0. The number of rotatable bonds is 3. The van der Waals surface area contributed by atoms with Crippen molar-refractivity contribution in [3.8, 4) is 5.75 Å². The van der Waals surface area contributed by atoms with Crippen molar-refractivity contribution in [2.24, 2.45) is 0 Å². The highest BCUT2D eigenvalue weighted by Gasteiger charge is 2.14. The first-order chi connectivity index (χ1) is 10.2. The van der Waals surface area contributed by atoms with E-state index >= 15 is 0 Å². The van der Waals surface area contributed by atoms with Crippen molar-refractivity contribution < 1.29 is 9.53 Å². The molecule has 1 amide bonds. The van der Waals surface area contributed by atoms with Gasteiger partial charge in [-0.3, -0.25) is 4.79 Å². The van der Waals surface area contributed by atoms with E-state index in [1.54, 1.807) is 43.6 Å². The Morgan fingerprint density at radius 3 is 2.67 bits per heavy atom. The highest BCUT2D eigenvalue weighted by atomic mass is 16.5. The Morgan fingerprint density at radius 1 is 1.24 bits per heavy atom. The standard InChI is InChI=1S/C14H13N5O2/c1-9-7-8-15-14-17-12(18-19(9)14)13(20)16-10-3-5-11(21-2)6-4-10/h3-8H,1-2H3,(H,16,20). The fraction of sp³-hybridized carbons (Fsp3) is 0.143. The number of nitrogens with zero attached hydrogens (tertiary/aromatic N) is 4. The zero-order valence-corrected chi connectivity index (χ0v) is 11.6. The Hall–Kier alpha value is -2.96. The number of hydrogen-bond donors (Lipinski definition) is 1. The van der Waals surface area contributed by atoms with Crippen LogP contribution in [0.4, 0.5) is 5.69 Å². The summed E-state index contributed by atoms with van der Waals surface area (Å²) in [4.78, 5) is 20.3. The van der Waals surface area contributed by atoms with E-state index in [-0.39, 0.29) is 11.7 Å². The van der Waals surface area contributed by atoms with Crippen molar-refractivity contribution in [2.75, 3.05) is 12.4 Å². The lowest BCUT2D eigenvalue weighted by molar-refractivity contribution is 0.101. The number of carbonyl (C=O) groups excluding carboxylic acids is 1. The Labute approximate surface area is 120 Å². The van der Waals surface area contributed by atoms with E-state index in [4.69, 9.17) is 4.74 Å². The molecule has 1 N–H and O–H groups in total. The third-order valence-electron chi connectivity index (χ3n) is 2.98. The lowest BCUT2D eigenvalue weighted by Gasteiger charge is -2.03. The topological polar surface area (TPSA) is 81.4 Å². The maximum atomic E-state index is 12.1. The number of fused-ring (bicyclic) bond motifs is 1. The smallest absolute Gasteiger partial charge is 0.295 e. The summed E-state index contributed by atoms with van der Waals surface area (Å²) in [6.07, 6.45) is 1.63. The second kappa shape index (κ2) is 5.20. The van der Waals surface area contributed by atoms with Crippen LogP contribution in [0.5, 0.6) is 5.75 Å². The van der Waals surface area contributed by atoms with Gasteiger partial charge < -0.3 is 10.1 Å². The number of amides is 1. The maximum absolute atomic E-state index is 12.1. The molecule has 0 aliphatic rings. The van der Waals surface area contributed by atoms with Crippen LogP contribution in [-0.4, -0.2) is 32.6 Å². The van der Waals surface area contributed by atoms with Gasteiger partial charge in [-0.15, -0.1) is 5.10 Å². The molecule has 3 rings (SSSR count). The van der Waals surface area contributed by atoms with E-state index in [0.717, 1.165) is 11.4 Å². The maximum Gasteiger partial charge on any atom is 0.295 e. The SMILES string of the molecule is COc1ccc(NC(=O)c2nc3nccc(C)n3n2)cc1. The molecular weight excluding hydrogens is 270 g/mol. The minimum absolute atomic E-state index is 0.0765. The fourth-order valence-corrected chi connectivity index (χ4v) is 1.86. The molecule has 2 aromatic heterocycles. The van der Waals surface area contributed by atoms with Crippen molar-refractivity contribution in [3.63, 3.8) is 0 Å². The van der Waals surface area contributed by atoms with E-state index in [2.05, 4.69) is 20.4 Å². The molecule has 0 aliphatic heterocycles. The Morgan fingerprint density at radius 2 is 2.00 bits per heavy atom. The molecule has 0 bridgehead atoms. The van der Waals surface area contributed by atoms with E-state index in [9.17, 15) is 4.79 Å². The fourth-order valence-electron chi connectivity index (χ4n) is 1.86. The highest BCUT2D eigenvalue weighted by molar-refractivity contribution is 6.01. The average molecular weight is 283 g/mol. The summed E-state index contributed by atoms with van der Waals surface area (Å²) in [6.45, 7) is 1.87. The summed E-state index contributed by atoms with van der Waals surface area (Å²) < 4.78 is 6.59. The van der Waals surface area contributed by atoms with Gasteiger partial charge in [0.15, 0.2) is 0 Å². The van der Waals surface area contributed by atoms with Crippen molar-refractivity contribution in [2.45, 2.75) is 6.92 Å². The molecule has 0 aliphatic carbocycles. The van der Waals surface area contributed by atoms with Crippen LogP contribution in [0.1, 0.15) is 16.3 Å². The first kappa shape index (κ1) is 13.0. The minimum Gasteiger partial charge on any atom is -0.497 e. The van der Waals surface area contributed by atoms with Crippen LogP contribution < -0.4 is 10.1 Å². The minimum atomic E-state index is -0.384. The van der Waals surface area contributed by atoms with E-state index < -0.39 is 0 Å². The lowest BCUT2D eigenvalue weighted by Crippen LogP contribution is -2.14. The van der Waals surface area contributed by atoms with Gasteiger partial charge >= 0.3 is 0 Å². The number of methoxy groups -OCH3 is 1. The molecule has 0 spiro atoms. The molecule has 1 aromatic carbocycles. The normalized spacial score (nSPS) is 10.6. The Balaban J connectivity index is 1.84. The molecular formula is C14H13N5O2. The molecule has 0 saturated heterocycles. The number of hydrogen-bond acceptors (Lipinski definition) is 5. The number of benzene rings is 1. The van der Waals surface area contributed by atoms with Gasteiger partial charge in [0.25, 0.3) is 11.7 Å². The lowest BCUT2D eigenvalue weighted by atomic mass is 10.3. The summed E-state index contributed by atoms with van der Waals surface area (Å²) in [6, 6.07) is 8.82. The van der Waals surface area contributed by atoms with Crippen LogP contribution in [0.3, 0.4) is 0 Å². The van der Waals surface area contributed by atoms with Gasteiger partial charge in [-0.2, -0.15) is 4.98 Å². The molecule has 21 heavy (non-hydrogen) atoms. The summed E-state index contributed by atoms with van der Waals surface area (Å²) in [7, 11) is 1.59. The number of aromatic nitrogens is 4. The van der Waals surface area contributed by atoms with E-state index in [1.807, 2.05) is 6.92 Å². The van der Waals surface area contributed by atoms with Crippen molar-refractivity contribution in [3.05, 3.63) is 48.0 Å². The van der Waals surface area contributed by atoms with Crippen LogP contribution in [-0.2, 0) is 0 Å². The molecule has 7 nitrogen and oxygen atoms in total. The number of anilines is 1. The average Bonchev–Trinajstić information content (AvgIpc) is 2.94. The molecule has 7 heteroatoms. The molecule has 0 radical (unpaired) electrons. The molecule has 106 valence electrons. The summed E-state index contributed by atoms with van der Waals surface area (Å²) in [5.41, 5.74) is 1.50. The Kier molecular flexibility index (Phi) is 3.23. The van der Waals surface area contributed by atoms with E-state index in [1.165, 1.54) is 4.52 Å². The van der Waals surface area contributed by atoms with Crippen LogP contribution in [0.15, 0.2) is 36.5 Å². The molecule has 2 heterocycles. The first-order valence-electron chi connectivity index (χ1n) is 6.31. The Bertz CT molecular complexity index is 795. The van der Waals surface area contributed by atoms with Crippen LogP contribution in [0.2, 0.25) is 0 Å². The molecule has 0 saturated carbocycles. The molecule has 0 atom stereocenters. The zero-order valence-electron chi connectivity index (χ0n) is 11.6. The number of carbonyl (C=O) groups is 1. The third-order valence-corrected chi connectivity index (χ3v) is 2.98. The van der Waals surface area contributed by atoms with Crippen molar-refractivity contribution in [1.82, 2.24) is 19.6 Å². The summed E-state index contributed by atoms with van der Waals surface area (Å²) in [5, 5.41) is 6.88. The third kappa shape index (κ3) is 2.53. The zero-order chi connectivity index (χ0) is 14.8. The van der Waals surface area contributed by atoms with Crippen LogP contribution in [0.25, 0.3) is 5.78 Å². The highest BCUT2D eigenvalue weighted by Crippen LogP contribution is 2.15. The van der Waals surface area contributed by atoms with Gasteiger partial charge in [0, 0.05) is 17.6 Å². The van der Waals surface area contributed by atoms with Crippen molar-refractivity contribution in [1.29, 1.82) is 0 Å². The van der Waals surface area contributed by atoms with Crippen LogP contribution >= 0.6 is 0 Å². The van der Waals surface area contributed by atoms with Gasteiger partial charge in [0.05, 0.1) is 7.11 Å². The second-order valence-corrected chi connectivity index (χ2v) is 4.42. The predicted octanol–water partition coefficient (Wildman–Crippen LogP) is 1.69. The first-order valence-corrected chi connectivity index (χ1v) is 6.31. The number of aryl methyl sites for hydroxylation is 1. The van der Waals surface area contributed by atoms with Gasteiger partial charge in [0.2, 0.25) is 5.82 Å². The number of ether oxygens (including phenoxy) is 1. The quantitative estimate of drug-likeness (QED) is 0.791. The summed E-state index contributed by atoms with van der Waals surface area (Å²) in [5.74, 6) is 0.811.